The van der Waals surface area contributed by atoms with Gasteiger partial charge in [0.25, 0.3) is 0 Å². The average molecular weight is 1170 g/mol. The van der Waals surface area contributed by atoms with Gasteiger partial charge in [0.1, 0.15) is 73.2 Å². The molecule has 0 radical (unpaired) electrons. The van der Waals surface area contributed by atoms with E-state index in [1.807, 2.05) is 6.08 Å². The second-order valence-corrected chi connectivity index (χ2v) is 22.5. The molecule has 17 unspecified atom stereocenters. The molecule has 0 aliphatic carbocycles. The Morgan fingerprint density at radius 1 is 0.451 bits per heavy atom. The van der Waals surface area contributed by atoms with Crippen LogP contribution in [0, 0.1) is 0 Å². The Kier molecular flexibility index (Phi) is 41.2. The molecule has 0 aromatic carbocycles. The molecule has 0 aromatic heterocycles. The van der Waals surface area contributed by atoms with Crippen LogP contribution in [0.2, 0.25) is 0 Å². The number of carbonyl (C=O) groups excluding carboxylic acids is 1. The van der Waals surface area contributed by atoms with Gasteiger partial charge in [-0.25, -0.2) is 0 Å². The van der Waals surface area contributed by atoms with E-state index in [0.717, 1.165) is 51.4 Å². The second-order valence-electron chi connectivity index (χ2n) is 22.5. The summed E-state index contributed by atoms with van der Waals surface area (Å²) in [6, 6.07) is -0.920. The number of aliphatic hydroxyl groups excluding tert-OH is 11. The summed E-state index contributed by atoms with van der Waals surface area (Å²) in [5, 5.41) is 120. The van der Waals surface area contributed by atoms with Crippen LogP contribution in [-0.2, 0) is 33.2 Å². The quantitative estimate of drug-likeness (QED) is 0.0231. The first-order valence-electron chi connectivity index (χ1n) is 31.5. The maximum Gasteiger partial charge on any atom is 0.220 e. The molecule has 19 nitrogen and oxygen atoms in total. The van der Waals surface area contributed by atoms with Crippen molar-refractivity contribution in [2.45, 2.75) is 304 Å². The number of hydrogen-bond donors (Lipinski definition) is 12. The Labute approximate surface area is 490 Å². The van der Waals surface area contributed by atoms with Gasteiger partial charge in [0.05, 0.1) is 38.6 Å². The summed E-state index contributed by atoms with van der Waals surface area (Å²) in [5.41, 5.74) is 0. The maximum atomic E-state index is 13.3. The summed E-state index contributed by atoms with van der Waals surface area (Å²) in [6.45, 7) is 1.63. The predicted molar refractivity (Wildman–Crippen MR) is 314 cm³/mol. The fourth-order valence-electron chi connectivity index (χ4n) is 10.5. The minimum atomic E-state index is -1.98. The van der Waals surface area contributed by atoms with Crippen LogP contribution in [0.1, 0.15) is 200 Å². The molecule has 19 heteroatoms. The molecule has 1 amide bonds. The summed E-state index contributed by atoms with van der Waals surface area (Å²) in [7, 11) is 0. The molecule has 17 atom stereocenters. The third-order valence-electron chi connectivity index (χ3n) is 15.6. The molecule has 3 aliphatic rings. The first kappa shape index (κ1) is 73.7. The minimum Gasteiger partial charge on any atom is -0.394 e. The molecule has 3 rings (SSSR count). The maximum absolute atomic E-state index is 13.3. The molecule has 0 bridgehead atoms. The van der Waals surface area contributed by atoms with Crippen molar-refractivity contribution in [3.63, 3.8) is 0 Å². The Bertz CT molecular complexity index is 1730. The number of ether oxygens (including phenoxy) is 6. The van der Waals surface area contributed by atoms with Crippen LogP contribution in [0.4, 0.5) is 0 Å². The normalized spacial score (nSPS) is 30.0. The summed E-state index contributed by atoms with van der Waals surface area (Å²) in [6.07, 6.45) is 25.9. The molecule has 82 heavy (non-hydrogen) atoms. The second kappa shape index (κ2) is 45.8. The van der Waals surface area contributed by atoms with Crippen molar-refractivity contribution in [3.8, 4) is 0 Å². The van der Waals surface area contributed by atoms with E-state index in [9.17, 15) is 61.0 Å². The molecular formula is C63H111NO18. The fourth-order valence-corrected chi connectivity index (χ4v) is 10.5. The van der Waals surface area contributed by atoms with Crippen molar-refractivity contribution in [1.82, 2.24) is 5.32 Å². The van der Waals surface area contributed by atoms with Gasteiger partial charge >= 0.3 is 0 Å². The van der Waals surface area contributed by atoms with Gasteiger partial charge in [-0.15, -0.1) is 0 Å². The van der Waals surface area contributed by atoms with Gasteiger partial charge < -0.3 is 89.9 Å². The van der Waals surface area contributed by atoms with Crippen LogP contribution in [0.3, 0.4) is 0 Å². The van der Waals surface area contributed by atoms with E-state index in [-0.39, 0.29) is 18.9 Å². The van der Waals surface area contributed by atoms with Gasteiger partial charge in [0.2, 0.25) is 5.91 Å². The third-order valence-corrected chi connectivity index (χ3v) is 15.6. The SMILES string of the molecule is CC/C=C\C/C=C\C/C=C\C/C=C\C/C=C\CCCC(=O)NC(COC1OC(CO)C(OC2OC(CO)C(OC3OC(CO)C(O)C(O)C3O)C(O)C2O)C(O)C1O)C(O)CCCCCCCCCCCCCCCCCCCCCC. The molecule has 3 saturated heterocycles. The van der Waals surface area contributed by atoms with E-state index in [0.29, 0.717) is 25.7 Å². The Balaban J connectivity index is 1.49. The molecule has 12 N–H and O–H groups in total. The zero-order valence-electron chi connectivity index (χ0n) is 49.7. The van der Waals surface area contributed by atoms with Crippen molar-refractivity contribution in [2.24, 2.45) is 0 Å². The van der Waals surface area contributed by atoms with E-state index in [2.05, 4.69) is 73.8 Å². The van der Waals surface area contributed by atoms with Crippen molar-refractivity contribution < 1.29 is 89.4 Å². The highest BCUT2D eigenvalue weighted by atomic mass is 16.8. The fraction of sp³-hybridized carbons (Fsp3) is 0.825. The van der Waals surface area contributed by atoms with E-state index >= 15 is 0 Å². The van der Waals surface area contributed by atoms with E-state index in [1.165, 1.54) is 103 Å². The summed E-state index contributed by atoms with van der Waals surface area (Å²) < 4.78 is 34.3. The van der Waals surface area contributed by atoms with Crippen LogP contribution in [-0.4, -0.2) is 193 Å². The molecule has 0 aromatic rings. The lowest BCUT2D eigenvalue weighted by Crippen LogP contribution is -2.66. The lowest BCUT2D eigenvalue weighted by Gasteiger charge is -2.48. The Morgan fingerprint density at radius 3 is 1.27 bits per heavy atom. The smallest absolute Gasteiger partial charge is 0.220 e. The van der Waals surface area contributed by atoms with Gasteiger partial charge in [-0.05, 0) is 51.4 Å². The minimum absolute atomic E-state index is 0.186. The number of allylic oxidation sites excluding steroid dienone is 10. The van der Waals surface area contributed by atoms with Gasteiger partial charge in [-0.3, -0.25) is 4.79 Å². The van der Waals surface area contributed by atoms with Crippen LogP contribution < -0.4 is 5.32 Å². The number of amides is 1. The summed E-state index contributed by atoms with van der Waals surface area (Å²) in [5.74, 6) is -0.300. The molecule has 3 fully saturated rings. The predicted octanol–water partition coefficient (Wildman–Crippen LogP) is 6.43. The first-order chi connectivity index (χ1) is 39.8. The first-order valence-corrected chi connectivity index (χ1v) is 31.5. The molecular weight excluding hydrogens is 1060 g/mol. The van der Waals surface area contributed by atoms with E-state index in [4.69, 9.17) is 28.4 Å². The standard InChI is InChI=1S/C63H111NO18/c1-3-5-7-9-11-13-15-17-19-21-22-23-25-26-28-30-32-34-36-38-40-47(68)46(64-51(69)41-39-37-35-33-31-29-27-24-20-18-16-14-12-10-8-6-4-2)45-77-61-57(75)54(72)59(49(43-66)79-61)82-63-58(76)55(73)60(50(44-67)80-63)81-62-56(74)53(71)52(70)48(42-65)78-62/h6,8,12,14,18,20,27,29,33,35,46-50,52-63,65-68,70-76H,3-5,7,9-11,13,15-17,19,21-26,28,30-32,34,36-45H2,1-2H3,(H,64,69)/b8-6-,14-12-,20-18-,29-27-,35-33-. The average Bonchev–Trinajstić information content (AvgIpc) is 3.39. The Hall–Kier alpha value is -2.51. The van der Waals surface area contributed by atoms with Crippen LogP contribution in [0.25, 0.3) is 0 Å². The number of unbranched alkanes of at least 4 members (excludes halogenated alkanes) is 20. The molecule has 0 spiro atoms. The van der Waals surface area contributed by atoms with Gasteiger partial charge in [0, 0.05) is 6.42 Å². The van der Waals surface area contributed by atoms with Crippen molar-refractivity contribution >= 4 is 5.91 Å². The van der Waals surface area contributed by atoms with E-state index in [1.54, 1.807) is 0 Å². The van der Waals surface area contributed by atoms with E-state index < -0.39 is 124 Å². The van der Waals surface area contributed by atoms with Crippen LogP contribution in [0.15, 0.2) is 60.8 Å². The summed E-state index contributed by atoms with van der Waals surface area (Å²) in [4.78, 5) is 13.3. The Morgan fingerprint density at radius 2 is 0.829 bits per heavy atom. The number of aliphatic hydroxyl groups is 11. The summed E-state index contributed by atoms with van der Waals surface area (Å²) >= 11 is 0. The number of rotatable bonds is 46. The zero-order valence-corrected chi connectivity index (χ0v) is 49.7. The zero-order chi connectivity index (χ0) is 59.7. The molecule has 0 saturated carbocycles. The highest BCUT2D eigenvalue weighted by Gasteiger charge is 2.53. The van der Waals surface area contributed by atoms with Crippen LogP contribution in [0.5, 0.6) is 0 Å². The van der Waals surface area contributed by atoms with Crippen molar-refractivity contribution in [2.75, 3.05) is 26.4 Å². The number of hydrogen-bond acceptors (Lipinski definition) is 18. The van der Waals surface area contributed by atoms with Crippen LogP contribution >= 0.6 is 0 Å². The number of carbonyl (C=O) groups is 1. The monoisotopic (exact) mass is 1170 g/mol. The molecule has 476 valence electrons. The highest BCUT2D eigenvalue weighted by Crippen LogP contribution is 2.33. The topological polar surface area (TPSA) is 307 Å². The lowest BCUT2D eigenvalue weighted by atomic mass is 9.96. The van der Waals surface area contributed by atoms with Gasteiger partial charge in [-0.2, -0.15) is 0 Å². The van der Waals surface area contributed by atoms with Gasteiger partial charge in [0.15, 0.2) is 18.9 Å². The molecule has 3 aliphatic heterocycles. The number of nitrogens with one attached hydrogen (secondary N) is 1. The highest BCUT2D eigenvalue weighted by molar-refractivity contribution is 5.76. The van der Waals surface area contributed by atoms with Crippen molar-refractivity contribution in [1.29, 1.82) is 0 Å². The lowest BCUT2D eigenvalue weighted by molar-refractivity contribution is -0.379. The third kappa shape index (κ3) is 28.8. The van der Waals surface area contributed by atoms with Crippen molar-refractivity contribution in [3.05, 3.63) is 60.8 Å². The largest absolute Gasteiger partial charge is 0.394 e. The van der Waals surface area contributed by atoms with Gasteiger partial charge in [-0.1, -0.05) is 203 Å². The molecule has 3 heterocycles.